The monoisotopic (exact) mass is 198 g/mol. The van der Waals surface area contributed by atoms with Crippen molar-refractivity contribution in [3.05, 3.63) is 0 Å². The molecule has 0 aliphatic carbocycles. The second kappa shape index (κ2) is 4.17. The molecular formula is C11H22N2O. The third-order valence-electron chi connectivity index (χ3n) is 3.41. The largest absolute Gasteiger partial charge is 0.379 e. The molecule has 0 aromatic heterocycles. The highest BCUT2D eigenvalue weighted by Crippen LogP contribution is 2.21. The van der Waals surface area contributed by atoms with E-state index < -0.39 is 0 Å². The lowest BCUT2D eigenvalue weighted by Gasteiger charge is -2.36. The van der Waals surface area contributed by atoms with E-state index in [1.807, 2.05) is 0 Å². The van der Waals surface area contributed by atoms with Crippen LogP contribution in [0.2, 0.25) is 0 Å². The van der Waals surface area contributed by atoms with Gasteiger partial charge in [0.2, 0.25) is 0 Å². The molecule has 0 bridgehead atoms. The first-order valence-corrected chi connectivity index (χ1v) is 5.77. The van der Waals surface area contributed by atoms with E-state index >= 15 is 0 Å². The Labute approximate surface area is 86.6 Å². The standard InChI is InChI=1S/C11H22N2O/c1-10-3-2-5-13(7-10)8-11(12)4-6-14-9-11/h10H,2-9,12H2,1H3. The van der Waals surface area contributed by atoms with Crippen LogP contribution in [0.4, 0.5) is 0 Å². The summed E-state index contributed by atoms with van der Waals surface area (Å²) in [5.41, 5.74) is 6.21. The van der Waals surface area contributed by atoms with Crippen LogP contribution in [-0.2, 0) is 4.74 Å². The normalized spacial score (nSPS) is 40.3. The maximum atomic E-state index is 6.27. The maximum absolute atomic E-state index is 6.27. The van der Waals surface area contributed by atoms with Crippen LogP contribution in [0.5, 0.6) is 0 Å². The molecule has 0 spiro atoms. The molecule has 2 atom stereocenters. The Bertz CT molecular complexity index is 190. The van der Waals surface area contributed by atoms with Gasteiger partial charge >= 0.3 is 0 Å². The van der Waals surface area contributed by atoms with Crippen LogP contribution in [0.15, 0.2) is 0 Å². The zero-order valence-corrected chi connectivity index (χ0v) is 9.17. The smallest absolute Gasteiger partial charge is 0.0659 e. The molecule has 0 aromatic carbocycles. The third kappa shape index (κ3) is 2.47. The van der Waals surface area contributed by atoms with E-state index in [0.717, 1.165) is 32.1 Å². The molecule has 2 rings (SSSR count). The minimum atomic E-state index is -0.0585. The number of rotatable bonds is 2. The Morgan fingerprint density at radius 3 is 3.07 bits per heavy atom. The van der Waals surface area contributed by atoms with Gasteiger partial charge in [0, 0.05) is 19.7 Å². The van der Waals surface area contributed by atoms with Gasteiger partial charge in [0.1, 0.15) is 0 Å². The van der Waals surface area contributed by atoms with Crippen molar-refractivity contribution in [2.45, 2.75) is 31.7 Å². The van der Waals surface area contributed by atoms with Crippen LogP contribution in [-0.4, -0.2) is 43.3 Å². The van der Waals surface area contributed by atoms with Gasteiger partial charge in [-0.3, -0.25) is 0 Å². The lowest BCUT2D eigenvalue weighted by Crippen LogP contribution is -2.52. The maximum Gasteiger partial charge on any atom is 0.0659 e. The third-order valence-corrected chi connectivity index (χ3v) is 3.41. The second-order valence-electron chi connectivity index (χ2n) is 5.15. The number of hydrogen-bond acceptors (Lipinski definition) is 3. The van der Waals surface area contributed by atoms with Crippen molar-refractivity contribution in [3.63, 3.8) is 0 Å². The van der Waals surface area contributed by atoms with Gasteiger partial charge in [0.25, 0.3) is 0 Å². The summed E-state index contributed by atoms with van der Waals surface area (Å²) in [5, 5.41) is 0. The highest BCUT2D eigenvalue weighted by Gasteiger charge is 2.33. The summed E-state index contributed by atoms with van der Waals surface area (Å²) in [6.07, 6.45) is 3.74. The van der Waals surface area contributed by atoms with E-state index in [1.165, 1.54) is 25.9 Å². The quantitative estimate of drug-likeness (QED) is 0.714. The topological polar surface area (TPSA) is 38.5 Å². The van der Waals surface area contributed by atoms with E-state index in [-0.39, 0.29) is 5.54 Å². The van der Waals surface area contributed by atoms with Gasteiger partial charge in [-0.25, -0.2) is 0 Å². The Morgan fingerprint density at radius 1 is 1.57 bits per heavy atom. The van der Waals surface area contributed by atoms with Crippen LogP contribution >= 0.6 is 0 Å². The molecule has 2 fully saturated rings. The van der Waals surface area contributed by atoms with Crippen LogP contribution in [0.25, 0.3) is 0 Å². The molecule has 3 heteroatoms. The first-order valence-electron chi connectivity index (χ1n) is 5.77. The molecule has 2 aliphatic heterocycles. The van der Waals surface area contributed by atoms with Crippen molar-refractivity contribution in [1.82, 2.24) is 4.90 Å². The van der Waals surface area contributed by atoms with Crippen LogP contribution in [0, 0.1) is 5.92 Å². The van der Waals surface area contributed by atoms with Crippen molar-refractivity contribution >= 4 is 0 Å². The second-order valence-corrected chi connectivity index (χ2v) is 5.15. The summed E-state index contributed by atoms with van der Waals surface area (Å²) >= 11 is 0. The Kier molecular flexibility index (Phi) is 3.10. The van der Waals surface area contributed by atoms with E-state index in [0.29, 0.717) is 0 Å². The summed E-state index contributed by atoms with van der Waals surface area (Å²) in [5.74, 6) is 0.842. The minimum absolute atomic E-state index is 0.0585. The average Bonchev–Trinajstić information content (AvgIpc) is 2.51. The van der Waals surface area contributed by atoms with E-state index in [2.05, 4.69) is 11.8 Å². The SMILES string of the molecule is CC1CCCN(CC2(N)CCOC2)C1. The summed E-state index contributed by atoms with van der Waals surface area (Å²) in [6.45, 7) is 7.40. The van der Waals surface area contributed by atoms with Crippen molar-refractivity contribution < 1.29 is 4.74 Å². The van der Waals surface area contributed by atoms with E-state index in [1.54, 1.807) is 0 Å². The number of nitrogens with zero attached hydrogens (tertiary/aromatic N) is 1. The van der Waals surface area contributed by atoms with Gasteiger partial charge in [-0.1, -0.05) is 6.92 Å². The molecule has 14 heavy (non-hydrogen) atoms. The van der Waals surface area contributed by atoms with Gasteiger partial charge in [0.05, 0.1) is 12.1 Å². The highest BCUT2D eigenvalue weighted by atomic mass is 16.5. The van der Waals surface area contributed by atoms with Crippen molar-refractivity contribution in [2.24, 2.45) is 11.7 Å². The molecule has 2 saturated heterocycles. The average molecular weight is 198 g/mol. The fourth-order valence-corrected chi connectivity index (χ4v) is 2.62. The highest BCUT2D eigenvalue weighted by molar-refractivity contribution is 4.91. The minimum Gasteiger partial charge on any atom is -0.379 e. The lowest BCUT2D eigenvalue weighted by molar-refractivity contribution is 0.125. The Balaban J connectivity index is 1.83. The molecular weight excluding hydrogens is 176 g/mol. The molecule has 3 nitrogen and oxygen atoms in total. The summed E-state index contributed by atoms with van der Waals surface area (Å²) in [4.78, 5) is 2.52. The van der Waals surface area contributed by atoms with Crippen molar-refractivity contribution in [1.29, 1.82) is 0 Å². The van der Waals surface area contributed by atoms with Crippen LogP contribution in [0.3, 0.4) is 0 Å². The van der Waals surface area contributed by atoms with Crippen molar-refractivity contribution in [3.8, 4) is 0 Å². The van der Waals surface area contributed by atoms with Gasteiger partial charge in [-0.05, 0) is 31.7 Å². The molecule has 2 aliphatic rings. The predicted octanol–water partition coefficient (Wildman–Crippen LogP) is 0.836. The zero-order valence-electron chi connectivity index (χ0n) is 9.17. The summed E-state index contributed by atoms with van der Waals surface area (Å²) in [6, 6.07) is 0. The van der Waals surface area contributed by atoms with Gasteiger partial charge in [0.15, 0.2) is 0 Å². The van der Waals surface area contributed by atoms with E-state index in [4.69, 9.17) is 10.5 Å². The van der Waals surface area contributed by atoms with Gasteiger partial charge in [-0.15, -0.1) is 0 Å². The molecule has 2 heterocycles. The molecule has 0 saturated carbocycles. The molecule has 0 radical (unpaired) electrons. The Morgan fingerprint density at radius 2 is 2.43 bits per heavy atom. The van der Waals surface area contributed by atoms with Gasteiger partial charge in [-0.2, -0.15) is 0 Å². The number of ether oxygens (including phenoxy) is 1. The van der Waals surface area contributed by atoms with Crippen LogP contribution in [0.1, 0.15) is 26.2 Å². The van der Waals surface area contributed by atoms with Gasteiger partial charge < -0.3 is 15.4 Å². The fraction of sp³-hybridized carbons (Fsp3) is 1.00. The fourth-order valence-electron chi connectivity index (χ4n) is 2.62. The predicted molar refractivity (Wildman–Crippen MR) is 57.2 cm³/mol. The number of hydrogen-bond donors (Lipinski definition) is 1. The molecule has 2 unspecified atom stereocenters. The molecule has 0 aromatic rings. The Hall–Kier alpha value is -0.120. The molecule has 82 valence electrons. The summed E-state index contributed by atoms with van der Waals surface area (Å²) in [7, 11) is 0. The van der Waals surface area contributed by atoms with E-state index in [9.17, 15) is 0 Å². The van der Waals surface area contributed by atoms with Crippen molar-refractivity contribution in [2.75, 3.05) is 32.8 Å². The zero-order chi connectivity index (χ0) is 10.0. The summed E-state index contributed by atoms with van der Waals surface area (Å²) < 4.78 is 5.38. The van der Waals surface area contributed by atoms with Crippen LogP contribution < -0.4 is 5.73 Å². The number of likely N-dealkylation sites (tertiary alicyclic amines) is 1. The molecule has 0 amide bonds. The number of piperidine rings is 1. The molecule has 2 N–H and O–H groups in total. The number of nitrogens with two attached hydrogens (primary N) is 1. The first-order chi connectivity index (χ1) is 6.68. The lowest BCUT2D eigenvalue weighted by atomic mass is 9.95. The first kappa shape index (κ1) is 10.4.